The molecule has 1 aromatic heterocycles. The molecule has 0 unspecified atom stereocenters. The van der Waals surface area contributed by atoms with Crippen LogP contribution in [0, 0.1) is 13.8 Å². The number of nitrogens with one attached hydrogen (secondary N) is 1. The summed E-state index contributed by atoms with van der Waals surface area (Å²) >= 11 is 0. The largest absolute Gasteiger partial charge is 0.331 e. The molecule has 2 heterocycles. The van der Waals surface area contributed by atoms with Crippen LogP contribution in [0.5, 0.6) is 0 Å². The Morgan fingerprint density at radius 1 is 0.857 bits per heavy atom. The number of aromatic nitrogens is 1. The van der Waals surface area contributed by atoms with Gasteiger partial charge in [-0.3, -0.25) is 19.8 Å². The predicted octanol–water partition coefficient (Wildman–Crippen LogP) is 5.56. The Bertz CT molecular complexity index is 1310. The summed E-state index contributed by atoms with van der Waals surface area (Å²) in [4.78, 5) is 39.7. The zero-order chi connectivity index (χ0) is 24.5. The average molecular weight is 468 g/mol. The highest BCUT2D eigenvalue weighted by atomic mass is 16.2. The van der Waals surface area contributed by atoms with Gasteiger partial charge >= 0.3 is 6.03 Å². The van der Waals surface area contributed by atoms with E-state index < -0.39 is 17.8 Å². The van der Waals surface area contributed by atoms with E-state index in [-0.39, 0.29) is 11.6 Å². The first kappa shape index (κ1) is 22.8. The number of rotatable bonds is 4. The topological polar surface area (TPSA) is 71.4 Å². The van der Waals surface area contributed by atoms with Gasteiger partial charge in [0.25, 0.3) is 11.8 Å². The van der Waals surface area contributed by atoms with Gasteiger partial charge in [0.15, 0.2) is 0 Å². The Morgan fingerprint density at radius 2 is 1.51 bits per heavy atom. The van der Waals surface area contributed by atoms with Gasteiger partial charge < -0.3 is 4.57 Å². The number of imide groups is 2. The molecule has 1 aliphatic carbocycles. The fourth-order valence-corrected chi connectivity index (χ4v) is 5.26. The SMILES string of the molecule is Cc1cc(C=C2C(=O)NC(=O)N(C3CCCCC3)C2=O)c(C)n1-c1ccc(-c2ccccc2)cc1. The molecule has 35 heavy (non-hydrogen) atoms. The highest BCUT2D eigenvalue weighted by Gasteiger charge is 2.40. The second-order valence-electron chi connectivity index (χ2n) is 9.36. The normalized spacial score (nSPS) is 18.3. The maximum atomic E-state index is 13.3. The van der Waals surface area contributed by atoms with Crippen LogP contribution in [0.25, 0.3) is 22.9 Å². The lowest BCUT2D eigenvalue weighted by atomic mass is 9.93. The summed E-state index contributed by atoms with van der Waals surface area (Å²) in [6.45, 7) is 3.97. The summed E-state index contributed by atoms with van der Waals surface area (Å²) < 4.78 is 2.11. The molecule has 2 aromatic carbocycles. The molecule has 6 nitrogen and oxygen atoms in total. The number of benzene rings is 2. The highest BCUT2D eigenvalue weighted by Crippen LogP contribution is 2.29. The van der Waals surface area contributed by atoms with E-state index in [1.807, 2.05) is 38.1 Å². The lowest BCUT2D eigenvalue weighted by Crippen LogP contribution is -2.58. The molecule has 5 rings (SSSR count). The van der Waals surface area contributed by atoms with Crippen molar-refractivity contribution < 1.29 is 14.4 Å². The zero-order valence-corrected chi connectivity index (χ0v) is 20.1. The van der Waals surface area contributed by atoms with E-state index in [9.17, 15) is 14.4 Å². The first-order chi connectivity index (χ1) is 16.9. The molecule has 0 radical (unpaired) electrons. The van der Waals surface area contributed by atoms with Crippen molar-refractivity contribution in [3.63, 3.8) is 0 Å². The zero-order valence-electron chi connectivity index (χ0n) is 20.1. The summed E-state index contributed by atoms with van der Waals surface area (Å²) in [5, 5.41) is 2.37. The van der Waals surface area contributed by atoms with Gasteiger partial charge in [0.05, 0.1) is 0 Å². The minimum atomic E-state index is -0.635. The van der Waals surface area contributed by atoms with Crippen LogP contribution in [0.1, 0.15) is 49.1 Å². The van der Waals surface area contributed by atoms with E-state index >= 15 is 0 Å². The first-order valence-corrected chi connectivity index (χ1v) is 12.2. The number of carbonyl (C=O) groups is 3. The molecule has 1 saturated carbocycles. The molecule has 0 atom stereocenters. The van der Waals surface area contributed by atoms with Crippen molar-refractivity contribution in [1.82, 2.24) is 14.8 Å². The van der Waals surface area contributed by atoms with Crippen LogP contribution in [0.2, 0.25) is 0 Å². The minimum Gasteiger partial charge on any atom is -0.318 e. The van der Waals surface area contributed by atoms with Gasteiger partial charge in [-0.15, -0.1) is 0 Å². The smallest absolute Gasteiger partial charge is 0.318 e. The van der Waals surface area contributed by atoms with Crippen LogP contribution >= 0.6 is 0 Å². The van der Waals surface area contributed by atoms with Crippen molar-refractivity contribution in [2.75, 3.05) is 0 Å². The number of amides is 4. The van der Waals surface area contributed by atoms with Crippen LogP contribution in [-0.4, -0.2) is 33.4 Å². The first-order valence-electron chi connectivity index (χ1n) is 12.2. The summed E-state index contributed by atoms with van der Waals surface area (Å²) in [5.41, 5.74) is 6.00. The van der Waals surface area contributed by atoms with Gasteiger partial charge in [0, 0.05) is 23.1 Å². The summed E-state index contributed by atoms with van der Waals surface area (Å²) in [7, 11) is 0. The molecule has 2 aliphatic rings. The van der Waals surface area contributed by atoms with E-state index in [0.29, 0.717) is 0 Å². The summed E-state index contributed by atoms with van der Waals surface area (Å²) in [6, 6.07) is 19.7. The second-order valence-corrected chi connectivity index (χ2v) is 9.36. The Hall–Kier alpha value is -3.93. The Morgan fingerprint density at radius 3 is 2.20 bits per heavy atom. The lowest BCUT2D eigenvalue weighted by Gasteiger charge is -2.35. The number of barbiturate groups is 1. The van der Waals surface area contributed by atoms with Gasteiger partial charge in [0.1, 0.15) is 5.57 Å². The average Bonchev–Trinajstić information content (AvgIpc) is 3.15. The fourth-order valence-electron chi connectivity index (χ4n) is 5.26. The van der Waals surface area contributed by atoms with Crippen molar-refractivity contribution in [3.8, 4) is 16.8 Å². The maximum absolute atomic E-state index is 13.3. The molecule has 3 aromatic rings. The third-order valence-electron chi connectivity index (χ3n) is 7.08. The second kappa shape index (κ2) is 9.37. The Kier molecular flexibility index (Phi) is 6.12. The van der Waals surface area contributed by atoms with Crippen molar-refractivity contribution in [1.29, 1.82) is 0 Å². The third-order valence-corrected chi connectivity index (χ3v) is 7.08. The van der Waals surface area contributed by atoms with Crippen molar-refractivity contribution in [3.05, 3.63) is 83.2 Å². The van der Waals surface area contributed by atoms with Crippen molar-refractivity contribution in [2.24, 2.45) is 0 Å². The number of carbonyl (C=O) groups excluding carboxylic acids is 3. The Balaban J connectivity index is 1.46. The lowest BCUT2D eigenvalue weighted by molar-refractivity contribution is -0.132. The molecular formula is C29H29N3O3. The predicted molar refractivity (Wildman–Crippen MR) is 136 cm³/mol. The van der Waals surface area contributed by atoms with E-state index in [1.165, 1.54) is 4.90 Å². The fraction of sp³-hybridized carbons (Fsp3) is 0.276. The molecule has 2 fully saturated rings. The molecule has 1 N–H and O–H groups in total. The molecule has 6 heteroatoms. The number of hydrogen-bond acceptors (Lipinski definition) is 3. The van der Waals surface area contributed by atoms with Crippen molar-refractivity contribution in [2.45, 2.75) is 52.0 Å². The van der Waals surface area contributed by atoms with Crippen LogP contribution in [0.3, 0.4) is 0 Å². The molecule has 178 valence electrons. The highest BCUT2D eigenvalue weighted by molar-refractivity contribution is 6.31. The van der Waals surface area contributed by atoms with Gasteiger partial charge in [0.2, 0.25) is 0 Å². The number of nitrogens with zero attached hydrogens (tertiary/aromatic N) is 2. The molecule has 1 aliphatic heterocycles. The number of hydrogen-bond donors (Lipinski definition) is 1. The monoisotopic (exact) mass is 467 g/mol. The van der Waals surface area contributed by atoms with Crippen LogP contribution < -0.4 is 5.32 Å². The van der Waals surface area contributed by atoms with E-state index in [4.69, 9.17) is 0 Å². The van der Waals surface area contributed by atoms with Crippen molar-refractivity contribution >= 4 is 23.9 Å². The molecule has 0 spiro atoms. The molecular weight excluding hydrogens is 438 g/mol. The molecule has 1 saturated heterocycles. The third kappa shape index (κ3) is 4.32. The van der Waals surface area contributed by atoms with Gasteiger partial charge in [-0.25, -0.2) is 4.79 Å². The van der Waals surface area contributed by atoms with Gasteiger partial charge in [-0.2, -0.15) is 0 Å². The van der Waals surface area contributed by atoms with Gasteiger partial charge in [-0.1, -0.05) is 61.7 Å². The number of aryl methyl sites for hydroxylation is 1. The minimum absolute atomic E-state index is 0.00912. The van der Waals surface area contributed by atoms with Crippen LogP contribution in [0.4, 0.5) is 4.79 Å². The van der Waals surface area contributed by atoms with E-state index in [1.54, 1.807) is 6.08 Å². The van der Waals surface area contributed by atoms with E-state index in [2.05, 4.69) is 46.3 Å². The maximum Gasteiger partial charge on any atom is 0.331 e. The summed E-state index contributed by atoms with van der Waals surface area (Å²) in [6.07, 6.45) is 6.28. The number of urea groups is 1. The summed E-state index contributed by atoms with van der Waals surface area (Å²) in [5.74, 6) is -1.13. The quantitative estimate of drug-likeness (QED) is 0.404. The molecule has 4 amide bonds. The van der Waals surface area contributed by atoms with Crippen LogP contribution in [0.15, 0.2) is 66.2 Å². The standard InChI is InChI=1S/C29H29N3O3/c1-19-17-23(18-26-27(33)30-29(35)32(28(26)34)24-11-7-4-8-12-24)20(2)31(19)25-15-13-22(14-16-25)21-9-5-3-6-10-21/h3,5-6,9-10,13-18,24H,4,7-8,11-12H2,1-2H3,(H,30,33,35). The molecule has 0 bridgehead atoms. The Labute approximate surface area is 205 Å². The van der Waals surface area contributed by atoms with E-state index in [0.717, 1.165) is 65.9 Å². The van der Waals surface area contributed by atoms with Gasteiger partial charge in [-0.05, 0) is 67.7 Å². The van der Waals surface area contributed by atoms with Crippen LogP contribution in [-0.2, 0) is 9.59 Å².